The summed E-state index contributed by atoms with van der Waals surface area (Å²) in [5.41, 5.74) is 2.47. The molecule has 2 aliphatic heterocycles. The molecule has 1 aromatic heterocycles. The molecule has 5 atom stereocenters. The number of aryl methyl sites for hydroxylation is 2. The summed E-state index contributed by atoms with van der Waals surface area (Å²) in [7, 11) is 1.89. The number of rotatable bonds is 8. The van der Waals surface area contributed by atoms with Crippen LogP contribution in [-0.4, -0.2) is 57.6 Å². The molecule has 3 heterocycles. The molecule has 0 saturated carbocycles. The molecule has 162 valence electrons. The highest BCUT2D eigenvalue weighted by molar-refractivity contribution is 5.76. The summed E-state index contributed by atoms with van der Waals surface area (Å²) >= 11 is 0. The number of nitrogens with zero attached hydrogens (tertiary/aromatic N) is 2. The van der Waals surface area contributed by atoms with E-state index in [0.29, 0.717) is 19.5 Å². The lowest BCUT2D eigenvalue weighted by atomic mass is 10.1. The van der Waals surface area contributed by atoms with Crippen LogP contribution in [0.3, 0.4) is 0 Å². The van der Waals surface area contributed by atoms with Crippen molar-refractivity contribution in [1.29, 1.82) is 0 Å². The second-order valence-electron chi connectivity index (χ2n) is 8.15. The fraction of sp³-hybridized carbons (Fsp3) is 0.545. The smallest absolute Gasteiger partial charge is 0.222 e. The molecule has 1 amide bonds. The van der Waals surface area contributed by atoms with Gasteiger partial charge >= 0.3 is 0 Å². The molecule has 30 heavy (non-hydrogen) atoms. The maximum absolute atomic E-state index is 12.2. The van der Waals surface area contributed by atoms with E-state index >= 15 is 0 Å². The number of nitrogens with one attached hydrogen (secondary N) is 2. The highest BCUT2D eigenvalue weighted by Crippen LogP contribution is 2.35. The Morgan fingerprint density at radius 3 is 2.87 bits per heavy atom. The summed E-state index contributed by atoms with van der Waals surface area (Å²) < 4.78 is 13.9. The molecule has 0 spiro atoms. The number of fused-ring (bicyclic) bond motifs is 1. The van der Waals surface area contributed by atoms with E-state index in [1.54, 1.807) is 6.20 Å². The first-order valence-electron chi connectivity index (χ1n) is 10.5. The Labute approximate surface area is 176 Å². The fourth-order valence-electron chi connectivity index (χ4n) is 4.19. The van der Waals surface area contributed by atoms with Gasteiger partial charge in [0.25, 0.3) is 0 Å². The average Bonchev–Trinajstić information content (AvgIpc) is 3.38. The number of carbonyl (C=O) groups is 1. The van der Waals surface area contributed by atoms with Crippen molar-refractivity contribution < 1.29 is 19.4 Å². The van der Waals surface area contributed by atoms with Crippen LogP contribution in [0.5, 0.6) is 0 Å². The number of hydrogen-bond acceptors (Lipinski definition) is 6. The zero-order chi connectivity index (χ0) is 21.1. The van der Waals surface area contributed by atoms with Gasteiger partial charge in [-0.2, -0.15) is 0 Å². The van der Waals surface area contributed by atoms with E-state index in [9.17, 15) is 9.90 Å². The summed E-state index contributed by atoms with van der Waals surface area (Å²) in [5, 5.41) is 16.9. The largest absolute Gasteiger partial charge is 0.388 e. The Hall–Kier alpha value is -2.26. The van der Waals surface area contributed by atoms with E-state index in [1.807, 2.05) is 29.9 Å². The van der Waals surface area contributed by atoms with Crippen molar-refractivity contribution in [1.82, 2.24) is 20.2 Å². The van der Waals surface area contributed by atoms with Crippen molar-refractivity contribution in [2.45, 2.75) is 63.4 Å². The third kappa shape index (κ3) is 4.73. The van der Waals surface area contributed by atoms with Gasteiger partial charge in [0.1, 0.15) is 18.0 Å². The van der Waals surface area contributed by atoms with Gasteiger partial charge in [0, 0.05) is 39.0 Å². The number of benzene rings is 1. The zero-order valence-electron chi connectivity index (χ0n) is 17.5. The molecule has 3 N–H and O–H groups in total. The lowest BCUT2D eigenvalue weighted by molar-refractivity contribution is -0.125. The second kappa shape index (κ2) is 9.26. The number of imidazole rings is 1. The number of aromatic nitrogens is 2. The summed E-state index contributed by atoms with van der Waals surface area (Å²) in [6.07, 6.45) is 2.64. The Kier molecular flexibility index (Phi) is 6.48. The number of amides is 1. The summed E-state index contributed by atoms with van der Waals surface area (Å²) in [5.74, 6) is 0.710. The van der Waals surface area contributed by atoms with Crippen LogP contribution in [0.25, 0.3) is 0 Å². The normalized spacial score (nSPS) is 27.9. The molecule has 8 nitrogen and oxygen atoms in total. The minimum atomic E-state index is -0.694. The number of ether oxygens (including phenoxy) is 2. The highest BCUT2D eigenvalue weighted by Gasteiger charge is 2.50. The van der Waals surface area contributed by atoms with Gasteiger partial charge in [-0.25, -0.2) is 4.98 Å². The molecular formula is C22H30N4O4. The van der Waals surface area contributed by atoms with Crippen LogP contribution < -0.4 is 10.6 Å². The van der Waals surface area contributed by atoms with Crippen LogP contribution in [0.2, 0.25) is 0 Å². The van der Waals surface area contributed by atoms with Crippen molar-refractivity contribution in [3.63, 3.8) is 0 Å². The molecule has 0 bridgehead atoms. The number of aliphatic hydroxyl groups is 1. The molecule has 4 rings (SSSR count). The zero-order valence-corrected chi connectivity index (χ0v) is 17.5. The van der Waals surface area contributed by atoms with Crippen molar-refractivity contribution in [3.8, 4) is 0 Å². The van der Waals surface area contributed by atoms with Gasteiger partial charge in [0.15, 0.2) is 0 Å². The van der Waals surface area contributed by atoms with Crippen molar-refractivity contribution in [2.75, 3.05) is 6.54 Å². The molecule has 1 aromatic carbocycles. The molecule has 0 radical (unpaired) electrons. The van der Waals surface area contributed by atoms with Gasteiger partial charge in [-0.05, 0) is 18.1 Å². The topological polar surface area (TPSA) is 97.6 Å². The van der Waals surface area contributed by atoms with E-state index < -0.39 is 6.10 Å². The lowest BCUT2D eigenvalue weighted by Crippen LogP contribution is -2.39. The van der Waals surface area contributed by atoms with Gasteiger partial charge < -0.3 is 29.8 Å². The minimum absolute atomic E-state index is 0.0890. The molecule has 0 aliphatic carbocycles. The third-order valence-corrected chi connectivity index (χ3v) is 5.98. The van der Waals surface area contributed by atoms with Crippen LogP contribution in [0.1, 0.15) is 29.8 Å². The third-order valence-electron chi connectivity index (χ3n) is 5.98. The first-order chi connectivity index (χ1) is 14.5. The Morgan fingerprint density at radius 2 is 2.13 bits per heavy atom. The van der Waals surface area contributed by atoms with E-state index in [-0.39, 0.29) is 36.7 Å². The Balaban J connectivity index is 1.19. The number of hydrogen-bond donors (Lipinski definition) is 3. The Morgan fingerprint density at radius 1 is 1.30 bits per heavy atom. The Bertz CT molecular complexity index is 870. The van der Waals surface area contributed by atoms with Crippen molar-refractivity contribution in [3.05, 3.63) is 53.6 Å². The summed E-state index contributed by atoms with van der Waals surface area (Å²) in [6.45, 7) is 3.76. The summed E-state index contributed by atoms with van der Waals surface area (Å²) in [4.78, 5) is 16.4. The van der Waals surface area contributed by atoms with Gasteiger partial charge in [0.05, 0.1) is 31.3 Å². The molecule has 2 saturated heterocycles. The first kappa shape index (κ1) is 21.0. The number of aliphatic hydroxyl groups excluding tert-OH is 1. The van der Waals surface area contributed by atoms with E-state index in [0.717, 1.165) is 12.4 Å². The van der Waals surface area contributed by atoms with E-state index in [1.165, 1.54) is 11.1 Å². The SMILES string of the molecule is Cc1ccccc1CNC[C@H]1O[C@@H]2C[C@@H](CC(=O)NCc3nccn3C)O[C@@H]2[C@@H]1O. The fourth-order valence-corrected chi connectivity index (χ4v) is 4.19. The van der Waals surface area contributed by atoms with Crippen LogP contribution in [0.15, 0.2) is 36.7 Å². The molecular weight excluding hydrogens is 384 g/mol. The monoisotopic (exact) mass is 414 g/mol. The molecule has 0 unspecified atom stereocenters. The van der Waals surface area contributed by atoms with Crippen LogP contribution in [0.4, 0.5) is 0 Å². The van der Waals surface area contributed by atoms with Gasteiger partial charge in [-0.15, -0.1) is 0 Å². The first-order valence-corrected chi connectivity index (χ1v) is 10.5. The van der Waals surface area contributed by atoms with Crippen LogP contribution in [0, 0.1) is 6.92 Å². The lowest BCUT2D eigenvalue weighted by Gasteiger charge is -2.20. The predicted octanol–water partition coefficient (Wildman–Crippen LogP) is 0.810. The minimum Gasteiger partial charge on any atom is -0.388 e. The predicted molar refractivity (Wildman–Crippen MR) is 111 cm³/mol. The maximum Gasteiger partial charge on any atom is 0.222 e. The maximum atomic E-state index is 12.2. The molecule has 2 aromatic rings. The number of carbonyl (C=O) groups excluding carboxylic acids is 1. The van der Waals surface area contributed by atoms with Gasteiger partial charge in [-0.1, -0.05) is 24.3 Å². The van der Waals surface area contributed by atoms with Gasteiger partial charge in [-0.3, -0.25) is 4.79 Å². The molecule has 2 aliphatic rings. The van der Waals surface area contributed by atoms with Crippen molar-refractivity contribution >= 4 is 5.91 Å². The van der Waals surface area contributed by atoms with Crippen LogP contribution >= 0.6 is 0 Å². The van der Waals surface area contributed by atoms with E-state index in [2.05, 4.69) is 34.7 Å². The summed E-state index contributed by atoms with van der Waals surface area (Å²) in [6, 6.07) is 8.23. The average molecular weight is 415 g/mol. The molecule has 8 heteroatoms. The van der Waals surface area contributed by atoms with Crippen molar-refractivity contribution in [2.24, 2.45) is 7.05 Å². The standard InChI is InChI=1S/C22H30N4O4/c1-14-5-3-4-6-15(14)11-23-12-18-21(28)22-17(30-18)9-16(29-22)10-20(27)25-13-19-24-7-8-26(19)2/h3-8,16-18,21-23,28H,9-13H2,1-2H3,(H,25,27)/t16-,17+,18+,21+,22-/m0/s1. The second-order valence-corrected chi connectivity index (χ2v) is 8.15. The van der Waals surface area contributed by atoms with E-state index in [4.69, 9.17) is 9.47 Å². The highest BCUT2D eigenvalue weighted by atomic mass is 16.6. The van der Waals surface area contributed by atoms with Crippen LogP contribution in [-0.2, 0) is 34.4 Å². The quantitative estimate of drug-likeness (QED) is 0.592. The molecule has 2 fully saturated rings. The van der Waals surface area contributed by atoms with Gasteiger partial charge in [0.2, 0.25) is 5.91 Å².